The number of thiazole rings is 1. The zero-order valence-electron chi connectivity index (χ0n) is 10.3. The van der Waals surface area contributed by atoms with Crippen molar-refractivity contribution in [2.45, 2.75) is 13.5 Å². The molecule has 0 bridgehead atoms. The number of phenols is 1. The van der Waals surface area contributed by atoms with Crippen molar-refractivity contribution in [2.75, 3.05) is 7.05 Å². The van der Waals surface area contributed by atoms with Crippen molar-refractivity contribution in [3.8, 4) is 5.75 Å². The molecule has 1 amide bonds. The molecule has 5 heteroatoms. The molecule has 18 heavy (non-hydrogen) atoms. The van der Waals surface area contributed by atoms with Gasteiger partial charge in [0.25, 0.3) is 5.91 Å². The predicted molar refractivity (Wildman–Crippen MR) is 70.8 cm³/mol. The van der Waals surface area contributed by atoms with Crippen LogP contribution in [0.1, 0.15) is 21.6 Å². The number of hydrogen-bond acceptors (Lipinski definition) is 4. The first kappa shape index (κ1) is 12.6. The molecule has 1 N–H and O–H groups in total. The van der Waals surface area contributed by atoms with E-state index in [0.717, 1.165) is 5.69 Å². The Kier molecular flexibility index (Phi) is 3.62. The van der Waals surface area contributed by atoms with Gasteiger partial charge in [0.05, 0.1) is 17.7 Å². The quantitative estimate of drug-likeness (QED) is 0.924. The molecule has 1 aromatic heterocycles. The normalized spacial score (nSPS) is 10.3. The highest BCUT2D eigenvalue weighted by Gasteiger charge is 2.13. The van der Waals surface area contributed by atoms with E-state index in [1.54, 1.807) is 42.6 Å². The highest BCUT2D eigenvalue weighted by molar-refractivity contribution is 7.07. The maximum absolute atomic E-state index is 12.2. The van der Waals surface area contributed by atoms with E-state index in [2.05, 4.69) is 4.98 Å². The lowest BCUT2D eigenvalue weighted by atomic mass is 10.1. The van der Waals surface area contributed by atoms with Gasteiger partial charge in [-0.15, -0.1) is 11.3 Å². The third-order valence-electron chi connectivity index (χ3n) is 2.67. The Hall–Kier alpha value is -1.88. The summed E-state index contributed by atoms with van der Waals surface area (Å²) in [5.74, 6) is 0.125. The maximum Gasteiger partial charge on any atom is 0.253 e. The van der Waals surface area contributed by atoms with E-state index in [1.165, 1.54) is 11.3 Å². The molecule has 0 aliphatic heterocycles. The number of phenolic OH excluding ortho intramolecular Hbond substituents is 1. The molecular weight excluding hydrogens is 248 g/mol. The fourth-order valence-electron chi connectivity index (χ4n) is 1.64. The molecule has 0 aliphatic carbocycles. The highest BCUT2D eigenvalue weighted by atomic mass is 32.1. The van der Waals surface area contributed by atoms with Crippen molar-refractivity contribution in [1.82, 2.24) is 9.88 Å². The molecule has 4 nitrogen and oxygen atoms in total. The SMILES string of the molecule is Cc1cc(C(=O)N(C)Cc2cscn2)ccc1O. The Morgan fingerprint density at radius 2 is 2.28 bits per heavy atom. The van der Waals surface area contributed by atoms with E-state index in [4.69, 9.17) is 0 Å². The molecule has 2 aromatic rings. The number of amides is 1. The number of rotatable bonds is 3. The van der Waals surface area contributed by atoms with Crippen LogP contribution >= 0.6 is 11.3 Å². The van der Waals surface area contributed by atoms with Crippen molar-refractivity contribution in [2.24, 2.45) is 0 Å². The number of carbonyl (C=O) groups is 1. The molecule has 0 fully saturated rings. The van der Waals surface area contributed by atoms with E-state index in [9.17, 15) is 9.90 Å². The summed E-state index contributed by atoms with van der Waals surface area (Å²) >= 11 is 1.51. The molecular formula is C13H14N2O2S. The van der Waals surface area contributed by atoms with Crippen molar-refractivity contribution in [3.05, 3.63) is 45.9 Å². The second-order valence-corrected chi connectivity index (χ2v) is 4.86. The minimum Gasteiger partial charge on any atom is -0.508 e. The molecule has 94 valence electrons. The number of aryl methyl sites for hydroxylation is 1. The minimum atomic E-state index is -0.0777. The van der Waals surface area contributed by atoms with Crippen molar-refractivity contribution in [1.29, 1.82) is 0 Å². The van der Waals surface area contributed by atoms with Crippen LogP contribution < -0.4 is 0 Å². The Balaban J connectivity index is 2.12. The van der Waals surface area contributed by atoms with Gasteiger partial charge in [-0.3, -0.25) is 4.79 Å². The molecule has 1 aromatic carbocycles. The number of hydrogen-bond donors (Lipinski definition) is 1. The fourth-order valence-corrected chi connectivity index (χ4v) is 2.19. The average molecular weight is 262 g/mol. The predicted octanol–water partition coefficient (Wildman–Crippen LogP) is 2.43. The molecule has 0 spiro atoms. The van der Waals surface area contributed by atoms with Crippen molar-refractivity contribution in [3.63, 3.8) is 0 Å². The lowest BCUT2D eigenvalue weighted by molar-refractivity contribution is 0.0783. The van der Waals surface area contributed by atoms with Crippen LogP contribution in [-0.2, 0) is 6.54 Å². The van der Waals surface area contributed by atoms with Gasteiger partial charge >= 0.3 is 0 Å². The van der Waals surface area contributed by atoms with Gasteiger partial charge in [-0.25, -0.2) is 4.98 Å². The Bertz CT molecular complexity index is 552. The lowest BCUT2D eigenvalue weighted by Gasteiger charge is -2.16. The van der Waals surface area contributed by atoms with E-state index in [0.29, 0.717) is 17.7 Å². The zero-order valence-corrected chi connectivity index (χ0v) is 11.1. The number of benzene rings is 1. The van der Waals surface area contributed by atoms with Crippen LogP contribution in [0, 0.1) is 6.92 Å². The first-order chi connectivity index (χ1) is 8.58. The summed E-state index contributed by atoms with van der Waals surface area (Å²) in [6.07, 6.45) is 0. The summed E-state index contributed by atoms with van der Waals surface area (Å²) in [6.45, 7) is 2.26. The molecule has 0 saturated heterocycles. The summed E-state index contributed by atoms with van der Waals surface area (Å²) < 4.78 is 0. The molecule has 0 radical (unpaired) electrons. The summed E-state index contributed by atoms with van der Waals surface area (Å²) in [5, 5.41) is 11.4. The van der Waals surface area contributed by atoms with Gasteiger partial charge in [0.15, 0.2) is 0 Å². The van der Waals surface area contributed by atoms with Crippen LogP contribution in [0.25, 0.3) is 0 Å². The fraction of sp³-hybridized carbons (Fsp3) is 0.231. The molecule has 0 atom stereocenters. The highest BCUT2D eigenvalue weighted by Crippen LogP contribution is 2.18. The van der Waals surface area contributed by atoms with E-state index < -0.39 is 0 Å². The van der Waals surface area contributed by atoms with Crippen molar-refractivity contribution < 1.29 is 9.90 Å². The topological polar surface area (TPSA) is 53.4 Å². The average Bonchev–Trinajstić information content (AvgIpc) is 2.84. The summed E-state index contributed by atoms with van der Waals surface area (Å²) in [7, 11) is 1.74. The Morgan fingerprint density at radius 3 is 2.89 bits per heavy atom. The van der Waals surface area contributed by atoms with E-state index in [1.807, 2.05) is 5.38 Å². The van der Waals surface area contributed by atoms with Crippen LogP contribution in [0.15, 0.2) is 29.1 Å². The molecule has 0 unspecified atom stereocenters. The second kappa shape index (κ2) is 5.18. The van der Waals surface area contributed by atoms with Gasteiger partial charge in [-0.1, -0.05) is 0 Å². The van der Waals surface area contributed by atoms with Crippen LogP contribution in [0.3, 0.4) is 0 Å². The molecule has 1 heterocycles. The van der Waals surface area contributed by atoms with E-state index >= 15 is 0 Å². The number of nitrogens with zero attached hydrogens (tertiary/aromatic N) is 2. The monoisotopic (exact) mass is 262 g/mol. The summed E-state index contributed by atoms with van der Waals surface area (Å²) in [5.41, 5.74) is 3.90. The van der Waals surface area contributed by atoms with Crippen LogP contribution in [0.5, 0.6) is 5.75 Å². The van der Waals surface area contributed by atoms with Gasteiger partial charge in [-0.05, 0) is 30.7 Å². The van der Waals surface area contributed by atoms with Crippen molar-refractivity contribution >= 4 is 17.2 Å². The lowest BCUT2D eigenvalue weighted by Crippen LogP contribution is -2.26. The number of carbonyl (C=O) groups excluding carboxylic acids is 1. The van der Waals surface area contributed by atoms with Crippen LogP contribution in [0.4, 0.5) is 0 Å². The zero-order chi connectivity index (χ0) is 13.1. The third-order valence-corrected chi connectivity index (χ3v) is 3.31. The van der Waals surface area contributed by atoms with Gasteiger partial charge < -0.3 is 10.0 Å². The summed E-state index contributed by atoms with van der Waals surface area (Å²) in [6, 6.07) is 4.86. The number of aromatic hydroxyl groups is 1. The maximum atomic E-state index is 12.2. The molecule has 2 rings (SSSR count). The molecule has 0 saturated carbocycles. The summed E-state index contributed by atoms with van der Waals surface area (Å²) in [4.78, 5) is 17.9. The number of aromatic nitrogens is 1. The Labute approximate surface area is 110 Å². The van der Waals surface area contributed by atoms with Crippen LogP contribution in [-0.4, -0.2) is 27.9 Å². The van der Waals surface area contributed by atoms with Gasteiger partial charge in [-0.2, -0.15) is 0 Å². The second-order valence-electron chi connectivity index (χ2n) is 4.14. The van der Waals surface area contributed by atoms with Gasteiger partial charge in [0.1, 0.15) is 5.75 Å². The molecule has 0 aliphatic rings. The first-order valence-electron chi connectivity index (χ1n) is 5.50. The Morgan fingerprint density at radius 1 is 1.50 bits per heavy atom. The standard InChI is InChI=1S/C13H14N2O2S/c1-9-5-10(3-4-12(9)16)13(17)15(2)6-11-7-18-8-14-11/h3-5,7-8,16H,6H2,1-2H3. The van der Waals surface area contributed by atoms with Gasteiger partial charge in [0.2, 0.25) is 0 Å². The van der Waals surface area contributed by atoms with Crippen LogP contribution in [0.2, 0.25) is 0 Å². The first-order valence-corrected chi connectivity index (χ1v) is 6.44. The largest absolute Gasteiger partial charge is 0.508 e. The minimum absolute atomic E-state index is 0.0777. The smallest absolute Gasteiger partial charge is 0.253 e. The van der Waals surface area contributed by atoms with Gasteiger partial charge in [0, 0.05) is 18.0 Å². The third kappa shape index (κ3) is 2.68. The van der Waals surface area contributed by atoms with E-state index in [-0.39, 0.29) is 11.7 Å².